The predicted octanol–water partition coefficient (Wildman–Crippen LogP) is 4.82. The minimum absolute atomic E-state index is 0.317. The normalized spacial score (nSPS) is 19.4. The zero-order chi connectivity index (χ0) is 18.2. The Morgan fingerprint density at radius 1 is 1.04 bits per heavy atom. The van der Waals surface area contributed by atoms with Gasteiger partial charge in [0.15, 0.2) is 5.82 Å². The molecule has 1 saturated carbocycles. The SMILES string of the molecule is Clc1ccc(C2CCCN2c2cc(Nc3cc(C4CC4)[nH]n3)ncn2)cc1. The van der Waals surface area contributed by atoms with Crippen LogP contribution in [-0.2, 0) is 0 Å². The number of anilines is 3. The van der Waals surface area contributed by atoms with E-state index in [-0.39, 0.29) is 0 Å². The fourth-order valence-electron chi connectivity index (χ4n) is 3.78. The van der Waals surface area contributed by atoms with Crippen LogP contribution in [0.5, 0.6) is 0 Å². The first-order chi connectivity index (χ1) is 13.3. The maximum absolute atomic E-state index is 6.04. The monoisotopic (exact) mass is 380 g/mol. The molecule has 1 aliphatic heterocycles. The van der Waals surface area contributed by atoms with E-state index in [0.29, 0.717) is 12.0 Å². The Morgan fingerprint density at radius 2 is 1.89 bits per heavy atom. The maximum Gasteiger partial charge on any atom is 0.153 e. The van der Waals surface area contributed by atoms with E-state index in [1.165, 1.54) is 24.1 Å². The van der Waals surface area contributed by atoms with Crippen molar-refractivity contribution in [3.05, 3.63) is 59.0 Å². The lowest BCUT2D eigenvalue weighted by Gasteiger charge is -2.26. The second-order valence-electron chi connectivity index (χ2n) is 7.27. The summed E-state index contributed by atoms with van der Waals surface area (Å²) in [5.41, 5.74) is 2.47. The molecule has 2 aromatic heterocycles. The molecule has 3 aromatic rings. The van der Waals surface area contributed by atoms with Gasteiger partial charge in [0.05, 0.1) is 6.04 Å². The van der Waals surface area contributed by atoms with Crippen molar-refractivity contribution in [1.29, 1.82) is 0 Å². The summed E-state index contributed by atoms with van der Waals surface area (Å²) in [6.45, 7) is 0.984. The van der Waals surface area contributed by atoms with Crippen LogP contribution in [0.3, 0.4) is 0 Å². The predicted molar refractivity (Wildman–Crippen MR) is 107 cm³/mol. The second kappa shape index (κ2) is 6.85. The van der Waals surface area contributed by atoms with Crippen molar-refractivity contribution in [2.45, 2.75) is 37.6 Å². The van der Waals surface area contributed by atoms with Crippen LogP contribution in [0.1, 0.15) is 48.9 Å². The average molecular weight is 381 g/mol. The third-order valence-electron chi connectivity index (χ3n) is 5.33. The Kier molecular flexibility index (Phi) is 4.20. The molecule has 27 heavy (non-hydrogen) atoms. The molecule has 6 nitrogen and oxygen atoms in total. The lowest BCUT2D eigenvalue weighted by molar-refractivity contribution is 0.711. The number of rotatable bonds is 5. The lowest BCUT2D eigenvalue weighted by atomic mass is 10.0. The zero-order valence-electron chi connectivity index (χ0n) is 14.9. The average Bonchev–Trinajstić information content (AvgIpc) is 3.23. The van der Waals surface area contributed by atoms with Gasteiger partial charge in [-0.25, -0.2) is 9.97 Å². The van der Waals surface area contributed by atoms with E-state index in [0.717, 1.165) is 41.9 Å². The number of halogens is 1. The van der Waals surface area contributed by atoms with Crippen LogP contribution < -0.4 is 10.2 Å². The standard InChI is InChI=1S/C20H21ClN6/c21-15-7-5-14(6-8-15)17-2-1-9-27(17)20-11-18(22-12-23-20)24-19-10-16(25-26-19)13-3-4-13/h5-8,10-13,17H,1-4,9H2,(H2,22,23,24,25,26). The minimum atomic E-state index is 0.317. The van der Waals surface area contributed by atoms with Gasteiger partial charge in [-0.05, 0) is 43.4 Å². The van der Waals surface area contributed by atoms with Gasteiger partial charge in [0, 0.05) is 35.3 Å². The van der Waals surface area contributed by atoms with Gasteiger partial charge in [-0.3, -0.25) is 5.10 Å². The van der Waals surface area contributed by atoms with E-state index in [2.05, 4.69) is 48.6 Å². The molecule has 7 heteroatoms. The van der Waals surface area contributed by atoms with Crippen molar-refractivity contribution in [3.8, 4) is 0 Å². The Labute approximate surface area is 163 Å². The molecule has 0 radical (unpaired) electrons. The fraction of sp³-hybridized carbons (Fsp3) is 0.350. The first-order valence-corrected chi connectivity index (χ1v) is 9.80. The molecule has 0 bridgehead atoms. The Balaban J connectivity index is 1.36. The van der Waals surface area contributed by atoms with Crippen LogP contribution in [0.25, 0.3) is 0 Å². The van der Waals surface area contributed by atoms with Crippen LogP contribution in [-0.4, -0.2) is 26.7 Å². The van der Waals surface area contributed by atoms with E-state index in [1.54, 1.807) is 6.33 Å². The molecule has 1 aromatic carbocycles. The number of aromatic nitrogens is 4. The highest BCUT2D eigenvalue weighted by Gasteiger charge is 2.28. The highest BCUT2D eigenvalue weighted by Crippen LogP contribution is 2.40. The molecule has 138 valence electrons. The number of aromatic amines is 1. The number of nitrogens with one attached hydrogen (secondary N) is 2. The van der Waals surface area contributed by atoms with Gasteiger partial charge in [0.2, 0.25) is 0 Å². The summed E-state index contributed by atoms with van der Waals surface area (Å²) in [6.07, 6.45) is 6.37. The topological polar surface area (TPSA) is 69.7 Å². The fourth-order valence-corrected chi connectivity index (χ4v) is 3.91. The maximum atomic E-state index is 6.04. The van der Waals surface area contributed by atoms with Gasteiger partial charge in [0.1, 0.15) is 18.0 Å². The smallest absolute Gasteiger partial charge is 0.153 e. The van der Waals surface area contributed by atoms with Gasteiger partial charge in [-0.1, -0.05) is 23.7 Å². The van der Waals surface area contributed by atoms with Crippen LogP contribution in [0, 0.1) is 0 Å². The largest absolute Gasteiger partial charge is 0.349 e. The van der Waals surface area contributed by atoms with Gasteiger partial charge in [-0.15, -0.1) is 0 Å². The van der Waals surface area contributed by atoms with E-state index in [4.69, 9.17) is 11.6 Å². The molecule has 0 spiro atoms. The van der Waals surface area contributed by atoms with Crippen molar-refractivity contribution < 1.29 is 0 Å². The third-order valence-corrected chi connectivity index (χ3v) is 5.58. The highest BCUT2D eigenvalue weighted by molar-refractivity contribution is 6.30. The van der Waals surface area contributed by atoms with E-state index in [9.17, 15) is 0 Å². The van der Waals surface area contributed by atoms with E-state index in [1.807, 2.05) is 18.2 Å². The molecule has 1 aliphatic carbocycles. The molecule has 0 amide bonds. The second-order valence-corrected chi connectivity index (χ2v) is 7.71. The number of H-pyrrole nitrogens is 1. The van der Waals surface area contributed by atoms with Crippen LogP contribution >= 0.6 is 11.6 Å². The Hall–Kier alpha value is -2.60. The van der Waals surface area contributed by atoms with E-state index >= 15 is 0 Å². The molecule has 3 heterocycles. The first-order valence-electron chi connectivity index (χ1n) is 9.43. The van der Waals surface area contributed by atoms with E-state index < -0.39 is 0 Å². The molecule has 1 atom stereocenters. The summed E-state index contributed by atoms with van der Waals surface area (Å²) < 4.78 is 0. The van der Waals surface area contributed by atoms with Crippen molar-refractivity contribution in [3.63, 3.8) is 0 Å². The minimum Gasteiger partial charge on any atom is -0.349 e. The van der Waals surface area contributed by atoms with Gasteiger partial charge in [-0.2, -0.15) is 5.10 Å². The third kappa shape index (κ3) is 3.49. The molecule has 2 N–H and O–H groups in total. The number of hydrogen-bond donors (Lipinski definition) is 2. The van der Waals surface area contributed by atoms with Crippen LogP contribution in [0.2, 0.25) is 5.02 Å². The number of hydrogen-bond acceptors (Lipinski definition) is 5. The number of benzene rings is 1. The summed E-state index contributed by atoms with van der Waals surface area (Å²) in [5, 5.41) is 11.5. The molecule has 1 unspecified atom stereocenters. The molecule has 5 rings (SSSR count). The van der Waals surface area contributed by atoms with Gasteiger partial charge >= 0.3 is 0 Å². The van der Waals surface area contributed by atoms with Gasteiger partial charge < -0.3 is 10.2 Å². The molecule has 2 fully saturated rings. The Bertz CT molecular complexity index is 934. The Morgan fingerprint density at radius 3 is 2.70 bits per heavy atom. The molecular weight excluding hydrogens is 360 g/mol. The zero-order valence-corrected chi connectivity index (χ0v) is 15.7. The quantitative estimate of drug-likeness (QED) is 0.664. The first kappa shape index (κ1) is 16.6. The van der Waals surface area contributed by atoms with Crippen LogP contribution in [0.15, 0.2) is 42.7 Å². The summed E-state index contributed by atoms with van der Waals surface area (Å²) in [7, 11) is 0. The van der Waals surface area contributed by atoms with Crippen molar-refractivity contribution in [1.82, 2.24) is 20.2 Å². The number of nitrogens with zero attached hydrogens (tertiary/aromatic N) is 4. The van der Waals surface area contributed by atoms with Crippen molar-refractivity contribution >= 4 is 29.1 Å². The molecular formula is C20H21ClN6. The highest BCUT2D eigenvalue weighted by atomic mass is 35.5. The van der Waals surface area contributed by atoms with Crippen molar-refractivity contribution in [2.75, 3.05) is 16.8 Å². The van der Waals surface area contributed by atoms with Crippen molar-refractivity contribution in [2.24, 2.45) is 0 Å². The summed E-state index contributed by atoms with van der Waals surface area (Å²) >= 11 is 6.04. The van der Waals surface area contributed by atoms with Crippen LogP contribution in [0.4, 0.5) is 17.5 Å². The molecule has 1 saturated heterocycles. The summed E-state index contributed by atoms with van der Waals surface area (Å²) in [4.78, 5) is 11.2. The van der Waals surface area contributed by atoms with Gasteiger partial charge in [0.25, 0.3) is 0 Å². The summed E-state index contributed by atoms with van der Waals surface area (Å²) in [6, 6.07) is 12.5. The lowest BCUT2D eigenvalue weighted by Crippen LogP contribution is -2.23. The molecule has 2 aliphatic rings. The summed E-state index contributed by atoms with van der Waals surface area (Å²) in [5.74, 6) is 3.15.